The van der Waals surface area contributed by atoms with Crippen LogP contribution in [0.4, 0.5) is 0 Å². The smallest absolute Gasteiger partial charge is 0.155 e. The fourth-order valence-electron chi connectivity index (χ4n) is 4.47. The summed E-state index contributed by atoms with van der Waals surface area (Å²) in [6.45, 7) is 7.12. The number of Topliss-reactive ketones (excluding diaryl/α,β-unsaturated/α-hetero) is 1. The number of fused-ring (bicyclic) bond motifs is 1. The number of rotatable bonds is 3. The van der Waals surface area contributed by atoms with Gasteiger partial charge in [-0.05, 0) is 42.3 Å². The number of carbonyl (C=O) groups excluding carboxylic acids is 1. The van der Waals surface area contributed by atoms with Gasteiger partial charge in [0.25, 0.3) is 0 Å². The van der Waals surface area contributed by atoms with Crippen LogP contribution in [0, 0.1) is 11.8 Å². The van der Waals surface area contributed by atoms with E-state index in [-0.39, 0.29) is 0 Å². The fourth-order valence-corrected chi connectivity index (χ4v) is 7.94. The molecule has 2 atom stereocenters. The number of hydrogen-bond acceptors (Lipinski definition) is 1. The van der Waals surface area contributed by atoms with Crippen molar-refractivity contribution in [2.24, 2.45) is 11.8 Å². The van der Waals surface area contributed by atoms with Crippen LogP contribution in [0.15, 0.2) is 41.1 Å². The molecule has 0 heterocycles. The Labute approximate surface area is 129 Å². The summed E-state index contributed by atoms with van der Waals surface area (Å²) in [4.78, 5) is 12.7. The molecule has 0 unspecified atom stereocenters. The van der Waals surface area contributed by atoms with E-state index < -0.39 is 8.07 Å². The zero-order valence-corrected chi connectivity index (χ0v) is 14.5. The highest BCUT2D eigenvalue weighted by molar-refractivity contribution is 6.88. The quantitative estimate of drug-likeness (QED) is 0.738. The molecule has 0 aromatic heterocycles. The topological polar surface area (TPSA) is 17.1 Å². The lowest BCUT2D eigenvalue weighted by atomic mass is 9.78. The van der Waals surface area contributed by atoms with Crippen molar-refractivity contribution in [3.63, 3.8) is 0 Å². The van der Waals surface area contributed by atoms with Crippen LogP contribution in [0.5, 0.6) is 0 Å². The van der Waals surface area contributed by atoms with E-state index in [2.05, 4.69) is 50.3 Å². The van der Waals surface area contributed by atoms with Crippen LogP contribution in [0.3, 0.4) is 0 Å². The molecule has 1 fully saturated rings. The Bertz CT molecular complexity index is 570. The van der Waals surface area contributed by atoms with Crippen molar-refractivity contribution >= 4 is 13.9 Å². The van der Waals surface area contributed by atoms with Crippen LogP contribution < -0.4 is 0 Å². The molecule has 0 radical (unpaired) electrons. The monoisotopic (exact) mass is 298 g/mol. The number of ketones is 1. The molecule has 3 rings (SSSR count). The zero-order valence-electron chi connectivity index (χ0n) is 13.5. The summed E-state index contributed by atoms with van der Waals surface area (Å²) >= 11 is 0. The van der Waals surface area contributed by atoms with Crippen molar-refractivity contribution in [3.05, 3.63) is 46.7 Å². The van der Waals surface area contributed by atoms with E-state index in [1.165, 1.54) is 30.0 Å². The molecule has 2 aliphatic rings. The summed E-state index contributed by atoms with van der Waals surface area (Å²) in [5.74, 6) is 1.76. The standard InChI is InChI=1S/C19H26OSi/c1-14-8-7-11-16-17(14)12-18(20)19(16)21(2,3)13-15-9-5-4-6-10-15/h4-6,9-10,14,17H,7-8,11-13H2,1-3H3/t14-,17+/m1/s1. The van der Waals surface area contributed by atoms with Gasteiger partial charge >= 0.3 is 0 Å². The van der Waals surface area contributed by atoms with Gasteiger partial charge in [-0.3, -0.25) is 4.79 Å². The second kappa shape index (κ2) is 5.56. The van der Waals surface area contributed by atoms with Crippen LogP contribution in [0.2, 0.25) is 13.1 Å². The Morgan fingerprint density at radius 1 is 1.19 bits per heavy atom. The molecule has 2 aliphatic carbocycles. The minimum atomic E-state index is -1.68. The van der Waals surface area contributed by atoms with Gasteiger partial charge in [-0.15, -0.1) is 0 Å². The third-order valence-corrected chi connectivity index (χ3v) is 8.66. The average molecular weight is 299 g/mol. The molecule has 1 nitrogen and oxygen atoms in total. The van der Waals surface area contributed by atoms with E-state index in [1.54, 1.807) is 5.57 Å². The first-order chi connectivity index (χ1) is 9.99. The molecule has 0 amide bonds. The molecule has 2 heteroatoms. The van der Waals surface area contributed by atoms with E-state index in [4.69, 9.17) is 0 Å². The Hall–Kier alpha value is -1.15. The summed E-state index contributed by atoms with van der Waals surface area (Å²) in [5, 5.41) is 1.31. The Morgan fingerprint density at radius 3 is 2.62 bits per heavy atom. The Morgan fingerprint density at radius 2 is 1.90 bits per heavy atom. The molecule has 112 valence electrons. The van der Waals surface area contributed by atoms with Crippen LogP contribution >= 0.6 is 0 Å². The van der Waals surface area contributed by atoms with Gasteiger partial charge < -0.3 is 0 Å². The van der Waals surface area contributed by atoms with E-state index >= 15 is 0 Å². The maximum Gasteiger partial charge on any atom is 0.155 e. The molecule has 0 bridgehead atoms. The lowest BCUT2D eigenvalue weighted by molar-refractivity contribution is -0.115. The minimum absolute atomic E-state index is 0.483. The van der Waals surface area contributed by atoms with Crippen molar-refractivity contribution in [1.29, 1.82) is 0 Å². The third kappa shape index (κ3) is 2.78. The number of hydrogen-bond donors (Lipinski definition) is 0. The summed E-state index contributed by atoms with van der Waals surface area (Å²) in [5.41, 5.74) is 2.95. The summed E-state index contributed by atoms with van der Waals surface area (Å²) < 4.78 is 0. The Balaban J connectivity index is 1.93. The van der Waals surface area contributed by atoms with Crippen molar-refractivity contribution in [2.45, 2.75) is 51.7 Å². The highest BCUT2D eigenvalue weighted by Crippen LogP contribution is 2.46. The molecule has 0 spiro atoms. The molecular weight excluding hydrogens is 272 g/mol. The molecule has 21 heavy (non-hydrogen) atoms. The normalized spacial score (nSPS) is 26.1. The second-order valence-electron chi connectivity index (χ2n) is 7.55. The molecular formula is C19H26OSi. The molecule has 0 saturated heterocycles. The molecule has 0 N–H and O–H groups in total. The van der Waals surface area contributed by atoms with Gasteiger partial charge in [-0.25, -0.2) is 0 Å². The van der Waals surface area contributed by atoms with Crippen LogP contribution in [0.25, 0.3) is 0 Å². The first kappa shape index (κ1) is 14.8. The van der Waals surface area contributed by atoms with Crippen LogP contribution in [-0.2, 0) is 10.8 Å². The Kier molecular flexibility index (Phi) is 3.91. The van der Waals surface area contributed by atoms with E-state index in [0.717, 1.165) is 12.5 Å². The van der Waals surface area contributed by atoms with E-state index in [1.807, 2.05) is 0 Å². The molecule has 1 aromatic carbocycles. The van der Waals surface area contributed by atoms with Gasteiger partial charge in [0.15, 0.2) is 5.78 Å². The lowest BCUT2D eigenvalue weighted by Crippen LogP contribution is -2.36. The van der Waals surface area contributed by atoms with Gasteiger partial charge in [-0.1, -0.05) is 61.5 Å². The van der Waals surface area contributed by atoms with Gasteiger partial charge in [0.1, 0.15) is 0 Å². The van der Waals surface area contributed by atoms with Crippen LogP contribution in [0.1, 0.15) is 38.2 Å². The van der Waals surface area contributed by atoms with Gasteiger partial charge in [0.05, 0.1) is 8.07 Å². The number of benzene rings is 1. The summed E-state index contributed by atoms with van der Waals surface area (Å²) in [7, 11) is -1.68. The molecule has 1 saturated carbocycles. The maximum atomic E-state index is 12.7. The first-order valence-corrected chi connectivity index (χ1v) is 11.5. The first-order valence-electron chi connectivity index (χ1n) is 8.29. The summed E-state index contributed by atoms with van der Waals surface area (Å²) in [6.07, 6.45) is 4.56. The molecule has 0 aliphatic heterocycles. The van der Waals surface area contributed by atoms with Crippen molar-refractivity contribution in [1.82, 2.24) is 0 Å². The highest BCUT2D eigenvalue weighted by atomic mass is 28.3. The molecule has 1 aromatic rings. The third-order valence-electron chi connectivity index (χ3n) is 5.41. The van der Waals surface area contributed by atoms with E-state index in [0.29, 0.717) is 17.6 Å². The van der Waals surface area contributed by atoms with Crippen molar-refractivity contribution in [2.75, 3.05) is 0 Å². The summed E-state index contributed by atoms with van der Waals surface area (Å²) in [6, 6.07) is 11.8. The number of allylic oxidation sites excluding steroid dienone is 2. The van der Waals surface area contributed by atoms with Gasteiger partial charge in [0, 0.05) is 6.42 Å². The highest BCUT2D eigenvalue weighted by Gasteiger charge is 2.43. The number of carbonyl (C=O) groups is 1. The maximum absolute atomic E-state index is 12.7. The second-order valence-corrected chi connectivity index (χ2v) is 12.2. The van der Waals surface area contributed by atoms with Crippen molar-refractivity contribution in [3.8, 4) is 0 Å². The average Bonchev–Trinajstić information content (AvgIpc) is 2.78. The predicted molar refractivity (Wildman–Crippen MR) is 90.8 cm³/mol. The van der Waals surface area contributed by atoms with Gasteiger partial charge in [0.2, 0.25) is 0 Å². The van der Waals surface area contributed by atoms with Gasteiger partial charge in [-0.2, -0.15) is 0 Å². The lowest BCUT2D eigenvalue weighted by Gasteiger charge is -2.30. The van der Waals surface area contributed by atoms with Crippen LogP contribution in [-0.4, -0.2) is 13.9 Å². The largest absolute Gasteiger partial charge is 0.295 e. The van der Waals surface area contributed by atoms with Crippen molar-refractivity contribution < 1.29 is 4.79 Å². The zero-order chi connectivity index (χ0) is 15.0. The van der Waals surface area contributed by atoms with E-state index in [9.17, 15) is 4.79 Å². The predicted octanol–water partition coefficient (Wildman–Crippen LogP) is 4.72. The SMILES string of the molecule is C[C@@H]1CCCC2=C([Si](C)(C)Cc3ccccc3)C(=O)C[C@H]21. The minimum Gasteiger partial charge on any atom is -0.295 e. The fraction of sp³-hybridized carbons (Fsp3) is 0.526.